The van der Waals surface area contributed by atoms with Gasteiger partial charge in [0.2, 0.25) is 11.9 Å². The number of nitrogens with two attached hydrogens (primary N) is 1. The molecule has 2 amide bonds. The Balaban J connectivity index is 1.31. The Morgan fingerprint density at radius 2 is 1.52 bits per heavy atom. The van der Waals surface area contributed by atoms with Crippen LogP contribution in [0.15, 0.2) is 113 Å². The first-order valence-corrected chi connectivity index (χ1v) is 20.4. The number of rotatable bonds is 16. The molecule has 2 unspecified atom stereocenters. The number of nitrogens with one attached hydrogen (secondary N) is 1. The van der Waals surface area contributed by atoms with Gasteiger partial charge >= 0.3 is 11.9 Å². The molecule has 0 radical (unpaired) electrons. The van der Waals surface area contributed by atoms with Crippen LogP contribution in [0.5, 0.6) is 0 Å². The fourth-order valence-electron chi connectivity index (χ4n) is 6.28. The van der Waals surface area contributed by atoms with Crippen molar-refractivity contribution in [3.63, 3.8) is 0 Å². The fraction of sp³-hybridized carbons (Fsp3) is 0.333. The van der Waals surface area contributed by atoms with E-state index in [0.29, 0.717) is 12.2 Å². The Morgan fingerprint density at radius 1 is 0.931 bits per heavy atom. The van der Waals surface area contributed by atoms with E-state index >= 15 is 0 Å². The first-order valence-electron chi connectivity index (χ1n) is 18.5. The lowest BCUT2D eigenvalue weighted by Crippen LogP contribution is -2.71. The monoisotopic (exact) mass is 827 g/mol. The van der Waals surface area contributed by atoms with E-state index in [1.54, 1.807) is 26.2 Å². The van der Waals surface area contributed by atoms with Gasteiger partial charge in [-0.15, -0.1) is 23.1 Å². The predicted octanol–water partition coefficient (Wildman–Crippen LogP) is 5.23. The molecular weight excluding hydrogens is 783 g/mol. The van der Waals surface area contributed by atoms with Gasteiger partial charge in [-0.1, -0.05) is 96.2 Å². The van der Waals surface area contributed by atoms with E-state index < -0.39 is 52.5 Å². The SMILES string of the molecule is COCCOCC1=C(C(=O)OC(C)OC(=O)C(C)(C)C)N2C(=O)C(NC(=O)/C(=N\OC(c3ccccc3)(c3ccccc3)c3ccccc3)c3csc(N)n3)[C@H]2SC1. The standard InChI is InChI=1S/C42H45N5O9S2/c1-26(55-39(51)41(2,3)4)54-38(50)34-27(23-53-22-21-52-5)24-57-37-33(36(49)47(34)37)45-35(48)32(31-25-58-40(43)44-31)46-56-42(28-15-9-6-10-16-28,29-17-11-7-12-18-29)30-19-13-8-14-20-30/h6-20,25-26,33,37H,21-24H2,1-5H3,(H2,43,44)(H,45,48)/b46-32-/t26?,33?,37-/m1/s1. The summed E-state index contributed by atoms with van der Waals surface area (Å²) in [6.07, 6.45) is -1.25. The summed E-state index contributed by atoms with van der Waals surface area (Å²) in [6.45, 7) is 7.02. The van der Waals surface area contributed by atoms with Gasteiger partial charge in [-0.2, -0.15) is 0 Å². The summed E-state index contributed by atoms with van der Waals surface area (Å²) >= 11 is 2.45. The van der Waals surface area contributed by atoms with E-state index in [2.05, 4.69) is 15.5 Å². The van der Waals surface area contributed by atoms with E-state index in [-0.39, 0.29) is 41.2 Å². The number of esters is 2. The van der Waals surface area contributed by atoms with Crippen LogP contribution in [0.3, 0.4) is 0 Å². The van der Waals surface area contributed by atoms with Crippen molar-refractivity contribution < 1.29 is 43.0 Å². The molecule has 0 aliphatic carbocycles. The van der Waals surface area contributed by atoms with Crippen LogP contribution in [-0.4, -0.2) is 89.7 Å². The van der Waals surface area contributed by atoms with E-state index in [4.69, 9.17) is 29.5 Å². The minimum Gasteiger partial charge on any atom is -0.425 e. The number of β-lactam (4-membered cyclic amide) rings is 1. The van der Waals surface area contributed by atoms with Crippen molar-refractivity contribution in [2.75, 3.05) is 38.4 Å². The molecule has 0 saturated carbocycles. The van der Waals surface area contributed by atoms with Crippen LogP contribution >= 0.6 is 23.1 Å². The number of amides is 2. The fourth-order valence-corrected chi connectivity index (χ4v) is 8.15. The van der Waals surface area contributed by atoms with Gasteiger partial charge in [0.1, 0.15) is 22.8 Å². The molecule has 16 heteroatoms. The molecule has 3 N–H and O–H groups in total. The van der Waals surface area contributed by atoms with Gasteiger partial charge in [0.05, 0.1) is 25.2 Å². The maximum atomic E-state index is 14.4. The number of thiazole rings is 1. The highest BCUT2D eigenvalue weighted by Crippen LogP contribution is 2.42. The molecule has 6 rings (SSSR count). The molecule has 2 aliphatic heterocycles. The number of hydrogen-bond acceptors (Lipinski definition) is 14. The molecule has 0 spiro atoms. The molecule has 58 heavy (non-hydrogen) atoms. The van der Waals surface area contributed by atoms with Crippen LogP contribution in [0.25, 0.3) is 0 Å². The van der Waals surface area contributed by atoms with Crippen LogP contribution in [0, 0.1) is 5.41 Å². The second-order valence-electron chi connectivity index (χ2n) is 14.4. The summed E-state index contributed by atoms with van der Waals surface area (Å²) in [5.74, 6) is -2.50. The minimum atomic E-state index is -1.32. The van der Waals surface area contributed by atoms with Crippen molar-refractivity contribution in [3.8, 4) is 0 Å². The van der Waals surface area contributed by atoms with Gasteiger partial charge in [-0.3, -0.25) is 19.3 Å². The third-order valence-corrected chi connectivity index (χ3v) is 11.2. The minimum absolute atomic E-state index is 0.00979. The molecule has 0 bridgehead atoms. The molecule has 1 saturated heterocycles. The lowest BCUT2D eigenvalue weighted by atomic mass is 9.80. The average molecular weight is 828 g/mol. The second kappa shape index (κ2) is 18.4. The Hall–Kier alpha value is -5.55. The number of oxime groups is 1. The summed E-state index contributed by atoms with van der Waals surface area (Å²) in [5, 5.41) is 8.43. The molecule has 3 aromatic carbocycles. The summed E-state index contributed by atoms with van der Waals surface area (Å²) in [6, 6.07) is 27.5. The summed E-state index contributed by atoms with van der Waals surface area (Å²) in [4.78, 5) is 66.8. The molecule has 3 heterocycles. The maximum Gasteiger partial charge on any atom is 0.358 e. The highest BCUT2D eigenvalue weighted by atomic mass is 32.2. The number of nitrogens with zero attached hydrogens (tertiary/aromatic N) is 3. The highest BCUT2D eigenvalue weighted by molar-refractivity contribution is 8.00. The zero-order valence-corrected chi connectivity index (χ0v) is 34.3. The number of carbonyl (C=O) groups is 4. The third kappa shape index (κ3) is 9.10. The van der Waals surface area contributed by atoms with E-state index in [1.165, 1.54) is 30.7 Å². The Kier molecular flexibility index (Phi) is 13.3. The van der Waals surface area contributed by atoms with Gasteiger partial charge < -0.3 is 34.8 Å². The number of aromatic nitrogens is 1. The number of hydrogen-bond donors (Lipinski definition) is 2. The topological polar surface area (TPSA) is 181 Å². The molecule has 1 aromatic heterocycles. The number of benzene rings is 3. The number of thioether (sulfide) groups is 1. The van der Waals surface area contributed by atoms with Crippen molar-refractivity contribution >= 4 is 57.7 Å². The molecule has 2 aliphatic rings. The number of anilines is 1. The smallest absolute Gasteiger partial charge is 0.358 e. The molecule has 4 aromatic rings. The number of fused-ring (bicyclic) bond motifs is 1. The van der Waals surface area contributed by atoms with Gasteiger partial charge in [0.25, 0.3) is 11.8 Å². The summed E-state index contributed by atoms with van der Waals surface area (Å²) in [5.41, 5.74) is 6.47. The van der Waals surface area contributed by atoms with E-state index in [1.807, 2.05) is 91.0 Å². The van der Waals surface area contributed by atoms with Crippen molar-refractivity contribution in [2.45, 2.75) is 51.0 Å². The van der Waals surface area contributed by atoms with E-state index in [0.717, 1.165) is 28.0 Å². The zero-order chi connectivity index (χ0) is 41.5. The second-order valence-corrected chi connectivity index (χ2v) is 16.4. The average Bonchev–Trinajstić information content (AvgIpc) is 3.65. The Morgan fingerprint density at radius 3 is 2.03 bits per heavy atom. The van der Waals surface area contributed by atoms with Crippen molar-refractivity contribution in [2.24, 2.45) is 10.6 Å². The van der Waals surface area contributed by atoms with Crippen molar-refractivity contribution in [1.29, 1.82) is 0 Å². The van der Waals surface area contributed by atoms with Crippen LogP contribution < -0.4 is 11.1 Å². The van der Waals surface area contributed by atoms with Crippen LogP contribution in [0.4, 0.5) is 5.13 Å². The van der Waals surface area contributed by atoms with Gasteiger partial charge in [0.15, 0.2) is 10.8 Å². The number of methoxy groups -OCH3 is 1. The first kappa shape index (κ1) is 42.1. The Labute approximate surface area is 344 Å². The normalized spacial score (nSPS) is 17.5. The largest absolute Gasteiger partial charge is 0.425 e. The first-order chi connectivity index (χ1) is 27.8. The van der Waals surface area contributed by atoms with Crippen molar-refractivity contribution in [3.05, 3.63) is 130 Å². The molecule has 3 atom stereocenters. The summed E-state index contributed by atoms with van der Waals surface area (Å²) < 4.78 is 21.7. The highest BCUT2D eigenvalue weighted by Gasteiger charge is 2.55. The maximum absolute atomic E-state index is 14.4. The lowest BCUT2D eigenvalue weighted by molar-refractivity contribution is -0.190. The van der Waals surface area contributed by atoms with Crippen LogP contribution in [0.1, 0.15) is 50.1 Å². The van der Waals surface area contributed by atoms with Gasteiger partial charge in [-0.25, -0.2) is 9.78 Å². The van der Waals surface area contributed by atoms with Crippen LogP contribution in [-0.2, 0) is 48.6 Å². The summed E-state index contributed by atoms with van der Waals surface area (Å²) in [7, 11) is 1.54. The molecule has 304 valence electrons. The van der Waals surface area contributed by atoms with Gasteiger partial charge in [0, 0.05) is 41.9 Å². The molecule has 1 fully saturated rings. The van der Waals surface area contributed by atoms with Crippen LogP contribution in [0.2, 0.25) is 0 Å². The quantitative estimate of drug-likeness (QED) is 0.0286. The molecular formula is C42H45N5O9S2. The third-order valence-electron chi connectivity index (χ3n) is 9.19. The number of nitrogen functional groups attached to an aromatic ring is 1. The predicted molar refractivity (Wildman–Crippen MR) is 219 cm³/mol. The number of carbonyl (C=O) groups excluding carboxylic acids is 4. The van der Waals surface area contributed by atoms with Crippen molar-refractivity contribution in [1.82, 2.24) is 15.2 Å². The zero-order valence-electron chi connectivity index (χ0n) is 32.7. The molecule has 14 nitrogen and oxygen atoms in total. The lowest BCUT2D eigenvalue weighted by Gasteiger charge is -2.49. The van der Waals surface area contributed by atoms with E-state index in [9.17, 15) is 19.2 Å². The number of ether oxygens (including phenoxy) is 4. The van der Waals surface area contributed by atoms with Gasteiger partial charge in [-0.05, 0) is 26.3 Å². The Bertz CT molecular complexity index is 2060.